The quantitative estimate of drug-likeness (QED) is 0.571. The summed E-state index contributed by atoms with van der Waals surface area (Å²) in [5, 5.41) is 12.4. The minimum atomic E-state index is -1.05. The molecule has 0 atom stereocenters. The summed E-state index contributed by atoms with van der Waals surface area (Å²) in [5.74, 6) is -1.47. The Hall–Kier alpha value is -2.82. The lowest BCUT2D eigenvalue weighted by molar-refractivity contribution is 0.0696. The van der Waals surface area contributed by atoms with Gasteiger partial charge in [0.25, 0.3) is 5.91 Å². The number of anilines is 1. The van der Waals surface area contributed by atoms with Crippen molar-refractivity contribution in [2.45, 2.75) is 6.92 Å². The lowest BCUT2D eigenvalue weighted by Crippen LogP contribution is -2.15. The van der Waals surface area contributed by atoms with Gasteiger partial charge < -0.3 is 10.4 Å². The average molecular weight is 400 g/mol. The first-order valence-corrected chi connectivity index (χ1v) is 8.83. The molecule has 27 heavy (non-hydrogen) atoms. The van der Waals surface area contributed by atoms with Gasteiger partial charge in [-0.25, -0.2) is 4.79 Å². The van der Waals surface area contributed by atoms with E-state index in [4.69, 9.17) is 28.3 Å². The normalized spacial score (nSPS) is 10.5. The number of rotatable bonds is 4. The summed E-state index contributed by atoms with van der Waals surface area (Å²) in [7, 11) is 0. The average Bonchev–Trinajstić information content (AvgIpc) is 2.65. The summed E-state index contributed by atoms with van der Waals surface area (Å²) in [6, 6.07) is 17.3. The standard InChI is InChI=1S/C21H15Cl2NO3/c1-12-11-14(21(26)27)7-8-15(12)20(25)24-19-17(22)10-9-16(18(19)23)13-5-3-2-4-6-13/h2-11H,1H3,(H,24,25)(H,26,27). The van der Waals surface area contributed by atoms with Crippen molar-refractivity contribution in [1.82, 2.24) is 0 Å². The first kappa shape index (κ1) is 19.0. The summed E-state index contributed by atoms with van der Waals surface area (Å²) in [6.45, 7) is 1.67. The van der Waals surface area contributed by atoms with Gasteiger partial charge in [-0.05, 0) is 42.3 Å². The first-order valence-electron chi connectivity index (χ1n) is 8.07. The number of nitrogens with one attached hydrogen (secondary N) is 1. The lowest BCUT2D eigenvalue weighted by atomic mass is 10.0. The summed E-state index contributed by atoms with van der Waals surface area (Å²) < 4.78 is 0. The van der Waals surface area contributed by atoms with Crippen LogP contribution in [0, 0.1) is 6.92 Å². The third-order valence-corrected chi connectivity index (χ3v) is 4.84. The van der Waals surface area contributed by atoms with E-state index < -0.39 is 11.9 Å². The summed E-state index contributed by atoms with van der Waals surface area (Å²) >= 11 is 12.8. The molecule has 0 heterocycles. The molecule has 2 N–H and O–H groups in total. The second-order valence-corrected chi connectivity index (χ2v) is 6.72. The monoisotopic (exact) mass is 399 g/mol. The Bertz CT molecular complexity index is 1030. The SMILES string of the molecule is Cc1cc(C(=O)O)ccc1C(=O)Nc1c(Cl)ccc(-c2ccccc2)c1Cl. The molecule has 6 heteroatoms. The van der Waals surface area contributed by atoms with Crippen LogP contribution in [0.5, 0.6) is 0 Å². The predicted octanol–water partition coefficient (Wildman–Crippen LogP) is 5.92. The van der Waals surface area contributed by atoms with Crippen molar-refractivity contribution < 1.29 is 14.7 Å². The maximum Gasteiger partial charge on any atom is 0.335 e. The highest BCUT2D eigenvalue weighted by Crippen LogP contribution is 2.38. The van der Waals surface area contributed by atoms with E-state index in [0.717, 1.165) is 11.1 Å². The van der Waals surface area contributed by atoms with E-state index in [1.807, 2.05) is 30.3 Å². The topological polar surface area (TPSA) is 66.4 Å². The Morgan fingerprint density at radius 2 is 1.67 bits per heavy atom. The zero-order valence-corrected chi connectivity index (χ0v) is 15.8. The van der Waals surface area contributed by atoms with E-state index >= 15 is 0 Å². The van der Waals surface area contributed by atoms with Gasteiger partial charge in [-0.15, -0.1) is 0 Å². The highest BCUT2D eigenvalue weighted by Gasteiger charge is 2.17. The number of hydrogen-bond acceptors (Lipinski definition) is 2. The van der Waals surface area contributed by atoms with Crippen molar-refractivity contribution in [2.24, 2.45) is 0 Å². The van der Waals surface area contributed by atoms with Crippen LogP contribution in [-0.4, -0.2) is 17.0 Å². The van der Waals surface area contributed by atoms with Crippen LogP contribution < -0.4 is 5.32 Å². The number of benzene rings is 3. The maximum atomic E-state index is 12.7. The van der Waals surface area contributed by atoms with Gasteiger partial charge in [-0.2, -0.15) is 0 Å². The predicted molar refractivity (Wildman–Crippen MR) is 108 cm³/mol. The van der Waals surface area contributed by atoms with Crippen LogP contribution in [0.4, 0.5) is 5.69 Å². The molecule has 0 aromatic heterocycles. The van der Waals surface area contributed by atoms with Crippen molar-refractivity contribution in [2.75, 3.05) is 5.32 Å². The Labute approximate surface area is 166 Å². The molecule has 0 radical (unpaired) electrons. The minimum Gasteiger partial charge on any atom is -0.478 e. The number of carbonyl (C=O) groups is 2. The molecule has 0 aliphatic heterocycles. The molecule has 0 fully saturated rings. The Morgan fingerprint density at radius 1 is 0.963 bits per heavy atom. The second kappa shape index (κ2) is 7.82. The van der Waals surface area contributed by atoms with Crippen molar-refractivity contribution in [3.63, 3.8) is 0 Å². The number of hydrogen-bond donors (Lipinski definition) is 2. The van der Waals surface area contributed by atoms with Crippen LogP contribution in [0.15, 0.2) is 60.7 Å². The highest BCUT2D eigenvalue weighted by molar-refractivity contribution is 6.41. The van der Waals surface area contributed by atoms with Gasteiger partial charge in [0.15, 0.2) is 0 Å². The minimum absolute atomic E-state index is 0.117. The van der Waals surface area contributed by atoms with Crippen LogP contribution in [0.3, 0.4) is 0 Å². The van der Waals surface area contributed by atoms with Gasteiger partial charge in [-0.1, -0.05) is 59.6 Å². The van der Waals surface area contributed by atoms with Gasteiger partial charge in [0, 0.05) is 11.1 Å². The fourth-order valence-electron chi connectivity index (χ4n) is 2.74. The van der Waals surface area contributed by atoms with Crippen molar-refractivity contribution in [3.8, 4) is 11.1 Å². The van der Waals surface area contributed by atoms with Crippen molar-refractivity contribution >= 4 is 40.8 Å². The fraction of sp³-hybridized carbons (Fsp3) is 0.0476. The number of amides is 1. The summed E-state index contributed by atoms with van der Waals surface area (Å²) in [6.07, 6.45) is 0. The number of carbonyl (C=O) groups excluding carboxylic acids is 1. The highest BCUT2D eigenvalue weighted by atomic mass is 35.5. The Kier molecular flexibility index (Phi) is 5.49. The van der Waals surface area contributed by atoms with Crippen LogP contribution in [-0.2, 0) is 0 Å². The van der Waals surface area contributed by atoms with Crippen LogP contribution >= 0.6 is 23.2 Å². The Balaban J connectivity index is 1.96. The zero-order chi connectivity index (χ0) is 19.6. The molecule has 0 unspecified atom stereocenters. The first-order chi connectivity index (χ1) is 12.9. The van der Waals surface area contributed by atoms with Gasteiger partial charge >= 0.3 is 5.97 Å². The third-order valence-electron chi connectivity index (χ3n) is 4.13. The molecule has 3 aromatic rings. The lowest BCUT2D eigenvalue weighted by Gasteiger charge is -2.14. The Morgan fingerprint density at radius 3 is 2.30 bits per heavy atom. The largest absolute Gasteiger partial charge is 0.478 e. The van der Waals surface area contributed by atoms with E-state index in [1.54, 1.807) is 19.1 Å². The fourth-order valence-corrected chi connectivity index (χ4v) is 3.31. The third kappa shape index (κ3) is 3.97. The van der Waals surface area contributed by atoms with E-state index in [0.29, 0.717) is 26.9 Å². The van der Waals surface area contributed by atoms with E-state index in [-0.39, 0.29) is 5.56 Å². The van der Waals surface area contributed by atoms with Crippen LogP contribution in [0.25, 0.3) is 11.1 Å². The van der Waals surface area contributed by atoms with Crippen LogP contribution in [0.1, 0.15) is 26.3 Å². The maximum absolute atomic E-state index is 12.7. The number of carboxylic acids is 1. The zero-order valence-electron chi connectivity index (χ0n) is 14.3. The number of aromatic carboxylic acids is 1. The molecule has 0 bridgehead atoms. The molecule has 0 spiro atoms. The second-order valence-electron chi connectivity index (χ2n) is 5.94. The molecule has 0 aliphatic carbocycles. The molecule has 3 aromatic carbocycles. The van der Waals surface area contributed by atoms with Gasteiger partial charge in [0.2, 0.25) is 0 Å². The number of carboxylic acid groups (broad SMARTS) is 1. The van der Waals surface area contributed by atoms with Crippen molar-refractivity contribution in [3.05, 3.63) is 87.4 Å². The smallest absolute Gasteiger partial charge is 0.335 e. The molecule has 3 rings (SSSR count). The number of halogens is 2. The molecular formula is C21H15Cl2NO3. The van der Waals surface area contributed by atoms with E-state index in [2.05, 4.69) is 5.32 Å². The molecule has 4 nitrogen and oxygen atoms in total. The van der Waals surface area contributed by atoms with E-state index in [9.17, 15) is 9.59 Å². The molecule has 0 aliphatic rings. The van der Waals surface area contributed by atoms with Gasteiger partial charge in [0.05, 0.1) is 21.3 Å². The molecule has 1 amide bonds. The molecular weight excluding hydrogens is 385 g/mol. The van der Waals surface area contributed by atoms with Gasteiger partial charge in [0.1, 0.15) is 0 Å². The number of aryl methyl sites for hydroxylation is 1. The van der Waals surface area contributed by atoms with Gasteiger partial charge in [-0.3, -0.25) is 4.79 Å². The summed E-state index contributed by atoms with van der Waals surface area (Å²) in [4.78, 5) is 23.7. The van der Waals surface area contributed by atoms with E-state index in [1.165, 1.54) is 18.2 Å². The summed E-state index contributed by atoms with van der Waals surface area (Å²) in [5.41, 5.74) is 2.96. The van der Waals surface area contributed by atoms with Crippen LogP contribution in [0.2, 0.25) is 10.0 Å². The molecule has 0 saturated carbocycles. The molecule has 136 valence electrons. The van der Waals surface area contributed by atoms with Crippen molar-refractivity contribution in [1.29, 1.82) is 0 Å². The molecule has 0 saturated heterocycles.